The van der Waals surface area contributed by atoms with Gasteiger partial charge in [0.25, 0.3) is 10.0 Å². The number of rotatable bonds is 9. The Hall–Kier alpha value is -3.14. The molecule has 0 amide bonds. The number of sulfonamides is 1. The number of aromatic nitrogens is 2. The predicted octanol–water partition coefficient (Wildman–Crippen LogP) is 6.34. The quantitative estimate of drug-likeness (QED) is 0.260. The van der Waals surface area contributed by atoms with E-state index in [0.717, 1.165) is 9.69 Å². The standard InChI is InChI=1S/C25H23Cl2N3O5S/c1-3-4-5-23(25(31)32)30(36(33,34)22-13-19(26)12-20(27)14-22)21-9-8-16-10-18(7-6-17(16)11-21)24-29-28-15(2)35-24/h6-14,23H,3-5H2,1-2H3,(H,31,32). The Bertz CT molecular complexity index is 1520. The smallest absolute Gasteiger partial charge is 0.327 e. The van der Waals surface area contributed by atoms with Crippen molar-refractivity contribution >= 4 is 55.7 Å². The first-order chi connectivity index (χ1) is 17.1. The summed E-state index contributed by atoms with van der Waals surface area (Å²) >= 11 is 12.2. The number of hydrogen-bond acceptors (Lipinski definition) is 6. The van der Waals surface area contributed by atoms with Crippen LogP contribution in [0.4, 0.5) is 5.69 Å². The number of carboxylic acid groups (broad SMARTS) is 1. The molecule has 0 radical (unpaired) electrons. The van der Waals surface area contributed by atoms with Gasteiger partial charge in [0.15, 0.2) is 0 Å². The van der Waals surface area contributed by atoms with E-state index >= 15 is 0 Å². The van der Waals surface area contributed by atoms with Crippen molar-refractivity contribution < 1.29 is 22.7 Å². The van der Waals surface area contributed by atoms with Crippen LogP contribution in [-0.4, -0.2) is 35.7 Å². The summed E-state index contributed by atoms with van der Waals surface area (Å²) in [6.45, 7) is 3.61. The molecule has 0 saturated carbocycles. The van der Waals surface area contributed by atoms with Crippen LogP contribution in [0.3, 0.4) is 0 Å². The molecule has 1 heterocycles. The lowest BCUT2D eigenvalue weighted by molar-refractivity contribution is -0.138. The van der Waals surface area contributed by atoms with Gasteiger partial charge in [-0.05, 0) is 59.7 Å². The van der Waals surface area contributed by atoms with Crippen molar-refractivity contribution in [3.05, 3.63) is 70.5 Å². The average molecular weight is 548 g/mol. The Morgan fingerprint density at radius 3 is 2.31 bits per heavy atom. The number of aryl methyl sites for hydroxylation is 1. The summed E-state index contributed by atoms with van der Waals surface area (Å²) in [5.41, 5.74) is 0.920. The minimum Gasteiger partial charge on any atom is -0.480 e. The second-order valence-corrected chi connectivity index (χ2v) is 11.0. The minimum atomic E-state index is -4.34. The van der Waals surface area contributed by atoms with Gasteiger partial charge < -0.3 is 9.52 Å². The first-order valence-corrected chi connectivity index (χ1v) is 13.4. The maximum atomic E-state index is 13.8. The zero-order valence-corrected chi connectivity index (χ0v) is 21.8. The number of carboxylic acids is 1. The molecule has 188 valence electrons. The second-order valence-electron chi connectivity index (χ2n) is 8.27. The van der Waals surface area contributed by atoms with Gasteiger partial charge in [0.1, 0.15) is 6.04 Å². The molecule has 0 spiro atoms. The summed E-state index contributed by atoms with van der Waals surface area (Å²) < 4.78 is 34.1. The van der Waals surface area contributed by atoms with Gasteiger partial charge in [0.2, 0.25) is 11.8 Å². The topological polar surface area (TPSA) is 114 Å². The number of benzene rings is 3. The predicted molar refractivity (Wildman–Crippen MR) is 139 cm³/mol. The minimum absolute atomic E-state index is 0.128. The summed E-state index contributed by atoms with van der Waals surface area (Å²) in [5.74, 6) is -0.442. The maximum Gasteiger partial charge on any atom is 0.327 e. The van der Waals surface area contributed by atoms with E-state index in [2.05, 4.69) is 10.2 Å². The van der Waals surface area contributed by atoms with Crippen LogP contribution >= 0.6 is 23.2 Å². The highest BCUT2D eigenvalue weighted by Gasteiger charge is 2.36. The molecule has 0 aliphatic carbocycles. The Labute approximate surface area is 218 Å². The van der Waals surface area contributed by atoms with Gasteiger partial charge in [-0.2, -0.15) is 0 Å². The SMILES string of the molecule is CCCCC(C(=O)O)N(c1ccc2cc(-c3nnc(C)o3)ccc2c1)S(=O)(=O)c1cc(Cl)cc(Cl)c1. The fourth-order valence-electron chi connectivity index (χ4n) is 3.93. The molecule has 1 N–H and O–H groups in total. The highest BCUT2D eigenvalue weighted by molar-refractivity contribution is 7.93. The third kappa shape index (κ3) is 5.33. The molecule has 1 aromatic heterocycles. The van der Waals surface area contributed by atoms with Crippen LogP contribution in [0, 0.1) is 6.92 Å². The molecule has 4 rings (SSSR count). The molecular weight excluding hydrogens is 525 g/mol. The summed E-state index contributed by atoms with van der Waals surface area (Å²) in [4.78, 5) is 12.1. The van der Waals surface area contributed by atoms with E-state index in [0.29, 0.717) is 35.6 Å². The van der Waals surface area contributed by atoms with Gasteiger partial charge in [-0.25, -0.2) is 13.2 Å². The van der Waals surface area contributed by atoms with Gasteiger partial charge in [-0.3, -0.25) is 4.31 Å². The molecule has 8 nitrogen and oxygen atoms in total. The molecule has 0 aliphatic heterocycles. The van der Waals surface area contributed by atoms with Crippen molar-refractivity contribution in [2.24, 2.45) is 0 Å². The lowest BCUT2D eigenvalue weighted by Gasteiger charge is -2.30. The van der Waals surface area contributed by atoms with E-state index < -0.39 is 22.0 Å². The fourth-order valence-corrected chi connectivity index (χ4v) is 6.29. The zero-order valence-electron chi connectivity index (χ0n) is 19.5. The Balaban J connectivity index is 1.86. The number of aliphatic carboxylic acids is 1. The molecule has 1 unspecified atom stereocenters. The van der Waals surface area contributed by atoms with Crippen molar-refractivity contribution in [2.45, 2.75) is 44.0 Å². The lowest BCUT2D eigenvalue weighted by Crippen LogP contribution is -2.45. The number of nitrogens with zero attached hydrogens (tertiary/aromatic N) is 3. The number of carbonyl (C=O) groups is 1. The highest BCUT2D eigenvalue weighted by atomic mass is 35.5. The molecule has 0 saturated heterocycles. The highest BCUT2D eigenvalue weighted by Crippen LogP contribution is 2.34. The van der Waals surface area contributed by atoms with Crippen molar-refractivity contribution in [1.29, 1.82) is 0 Å². The summed E-state index contributed by atoms with van der Waals surface area (Å²) in [5, 5.41) is 19.7. The largest absolute Gasteiger partial charge is 0.480 e. The number of fused-ring (bicyclic) bond motifs is 1. The molecule has 36 heavy (non-hydrogen) atoms. The maximum absolute atomic E-state index is 13.8. The van der Waals surface area contributed by atoms with Gasteiger partial charge in [0.05, 0.1) is 10.6 Å². The van der Waals surface area contributed by atoms with Crippen LogP contribution in [0.2, 0.25) is 10.0 Å². The fraction of sp³-hybridized carbons (Fsp3) is 0.240. The number of hydrogen-bond donors (Lipinski definition) is 1. The van der Waals surface area contributed by atoms with E-state index in [4.69, 9.17) is 27.6 Å². The normalized spacial score (nSPS) is 12.6. The first-order valence-electron chi connectivity index (χ1n) is 11.2. The third-order valence-corrected chi connectivity index (χ3v) is 7.89. The summed E-state index contributed by atoms with van der Waals surface area (Å²) in [7, 11) is -4.34. The molecular formula is C25H23Cl2N3O5S. The summed E-state index contributed by atoms with van der Waals surface area (Å²) in [6.07, 6.45) is 1.36. The first kappa shape index (κ1) is 25.9. The molecule has 11 heteroatoms. The Morgan fingerprint density at radius 2 is 1.69 bits per heavy atom. The summed E-state index contributed by atoms with van der Waals surface area (Å²) in [6, 6.07) is 13.0. The Kier molecular flexibility index (Phi) is 7.54. The van der Waals surface area contributed by atoms with Crippen molar-refractivity contribution in [1.82, 2.24) is 10.2 Å². The van der Waals surface area contributed by atoms with Crippen LogP contribution in [0.1, 0.15) is 32.1 Å². The lowest BCUT2D eigenvalue weighted by atomic mass is 10.1. The van der Waals surface area contributed by atoms with Crippen LogP contribution in [0.25, 0.3) is 22.2 Å². The van der Waals surface area contributed by atoms with Crippen molar-refractivity contribution in [3.63, 3.8) is 0 Å². The molecule has 3 aromatic carbocycles. The zero-order chi connectivity index (χ0) is 26.0. The number of unbranched alkanes of at least 4 members (excludes halogenated alkanes) is 1. The average Bonchev–Trinajstić information content (AvgIpc) is 3.26. The van der Waals surface area contributed by atoms with Crippen molar-refractivity contribution in [2.75, 3.05) is 4.31 Å². The molecule has 4 aromatic rings. The molecule has 0 bridgehead atoms. The monoisotopic (exact) mass is 547 g/mol. The van der Waals surface area contributed by atoms with E-state index in [1.54, 1.807) is 37.3 Å². The van der Waals surface area contributed by atoms with Crippen molar-refractivity contribution in [3.8, 4) is 11.5 Å². The van der Waals surface area contributed by atoms with Crippen LogP contribution in [-0.2, 0) is 14.8 Å². The second kappa shape index (κ2) is 10.5. The number of anilines is 1. The van der Waals surface area contributed by atoms with Crippen LogP contribution < -0.4 is 4.31 Å². The molecule has 0 fully saturated rings. The van der Waals surface area contributed by atoms with Crippen LogP contribution in [0.15, 0.2) is 63.9 Å². The molecule has 0 aliphatic rings. The van der Waals surface area contributed by atoms with Crippen LogP contribution in [0.5, 0.6) is 0 Å². The van der Waals surface area contributed by atoms with E-state index in [1.807, 2.05) is 13.0 Å². The van der Waals surface area contributed by atoms with Gasteiger partial charge >= 0.3 is 5.97 Å². The van der Waals surface area contributed by atoms with Gasteiger partial charge in [-0.1, -0.05) is 55.1 Å². The van der Waals surface area contributed by atoms with Gasteiger partial charge in [0, 0.05) is 22.5 Å². The third-order valence-electron chi connectivity index (χ3n) is 5.64. The van der Waals surface area contributed by atoms with E-state index in [-0.39, 0.29) is 27.0 Å². The Morgan fingerprint density at radius 1 is 1.03 bits per heavy atom. The van der Waals surface area contributed by atoms with E-state index in [9.17, 15) is 18.3 Å². The molecule has 1 atom stereocenters. The van der Waals surface area contributed by atoms with E-state index in [1.165, 1.54) is 18.2 Å². The van der Waals surface area contributed by atoms with Gasteiger partial charge in [-0.15, -0.1) is 10.2 Å². The number of halogens is 2.